The molecule has 1 aromatic carbocycles. The summed E-state index contributed by atoms with van der Waals surface area (Å²) in [6, 6.07) is 5.21. The number of nitrogens with zero attached hydrogens (tertiary/aromatic N) is 5. The number of rotatable bonds is 12. The first-order chi connectivity index (χ1) is 17.3. The fraction of sp³-hybridized carbons (Fsp3) is 0.455. The zero-order valence-electron chi connectivity index (χ0n) is 20.2. The third kappa shape index (κ3) is 5.53. The van der Waals surface area contributed by atoms with Gasteiger partial charge in [-0.1, -0.05) is 17.7 Å². The number of anilines is 1. The molecule has 1 fully saturated rings. The highest BCUT2D eigenvalue weighted by Crippen LogP contribution is 2.36. The lowest BCUT2D eigenvalue weighted by Crippen LogP contribution is -2.33. The van der Waals surface area contributed by atoms with E-state index in [4.69, 9.17) is 30.5 Å². The first-order valence-corrected chi connectivity index (χ1v) is 13.0. The van der Waals surface area contributed by atoms with E-state index in [0.29, 0.717) is 28.0 Å². The van der Waals surface area contributed by atoms with Crippen molar-refractivity contribution in [3.05, 3.63) is 47.3 Å². The van der Waals surface area contributed by atoms with Gasteiger partial charge in [-0.15, -0.1) is 10.2 Å². The number of hydrogen-bond acceptors (Lipinski definition) is 10. The summed E-state index contributed by atoms with van der Waals surface area (Å²) in [6.07, 6.45) is 3.85. The van der Waals surface area contributed by atoms with E-state index >= 15 is 0 Å². The number of benzene rings is 1. The zero-order chi connectivity index (χ0) is 25.9. The average Bonchev–Trinajstić information content (AvgIpc) is 3.63. The van der Waals surface area contributed by atoms with Crippen molar-refractivity contribution in [3.63, 3.8) is 0 Å². The Morgan fingerprint density at radius 1 is 1.11 bits per heavy atom. The van der Waals surface area contributed by atoms with Gasteiger partial charge in [-0.3, -0.25) is 9.29 Å². The third-order valence-corrected chi connectivity index (χ3v) is 7.51. The molecule has 1 N–H and O–H groups in total. The van der Waals surface area contributed by atoms with E-state index < -0.39 is 21.4 Å². The molecular weight excluding hydrogens is 512 g/mol. The van der Waals surface area contributed by atoms with Crippen molar-refractivity contribution in [3.8, 4) is 17.2 Å². The second-order valence-electron chi connectivity index (χ2n) is 8.06. The van der Waals surface area contributed by atoms with Crippen LogP contribution in [0.4, 0.5) is 5.95 Å². The van der Waals surface area contributed by atoms with Gasteiger partial charge in [0.15, 0.2) is 11.6 Å². The molecule has 12 nitrogen and oxygen atoms in total. The molecule has 2 atom stereocenters. The predicted molar refractivity (Wildman–Crippen MR) is 131 cm³/mol. The van der Waals surface area contributed by atoms with E-state index in [-0.39, 0.29) is 24.5 Å². The van der Waals surface area contributed by atoms with Crippen LogP contribution in [-0.4, -0.2) is 65.8 Å². The van der Waals surface area contributed by atoms with Crippen LogP contribution in [0.1, 0.15) is 37.5 Å². The minimum Gasteiger partial charge on any atom is -0.494 e. The lowest BCUT2D eigenvalue weighted by Gasteiger charge is -2.22. The van der Waals surface area contributed by atoms with Crippen molar-refractivity contribution in [1.82, 2.24) is 24.7 Å². The fourth-order valence-electron chi connectivity index (χ4n) is 3.55. The van der Waals surface area contributed by atoms with Crippen LogP contribution in [0.2, 0.25) is 5.02 Å². The van der Waals surface area contributed by atoms with E-state index in [1.807, 2.05) is 0 Å². The van der Waals surface area contributed by atoms with E-state index in [1.165, 1.54) is 45.2 Å². The molecular formula is C22H27ClN6O6S. The number of hydrogen-bond donors (Lipinski definition) is 1. The lowest BCUT2D eigenvalue weighted by molar-refractivity contribution is 0.0950. The standard InChI is InChI=1S/C22H27ClN6O6S/c1-13(20(34-4)21-24-10-14(23)11-25-21)36(30,31)28-22-27-26-18(12-35-15-8-9-15)29(22)19-16(32-2)6-5-7-17(19)33-3/h5-7,10-11,13,15,20H,8-9,12H2,1-4H3,(H,27,28)/t13-,20-/m0/s1. The van der Waals surface area contributed by atoms with Crippen molar-refractivity contribution in [2.24, 2.45) is 0 Å². The van der Waals surface area contributed by atoms with Crippen LogP contribution < -0.4 is 14.2 Å². The van der Waals surface area contributed by atoms with Gasteiger partial charge in [-0.25, -0.2) is 18.4 Å². The second-order valence-corrected chi connectivity index (χ2v) is 10.5. The summed E-state index contributed by atoms with van der Waals surface area (Å²) in [5, 5.41) is 7.53. The van der Waals surface area contributed by atoms with Crippen LogP contribution in [0.5, 0.6) is 11.5 Å². The average molecular weight is 539 g/mol. The van der Waals surface area contributed by atoms with Gasteiger partial charge in [0, 0.05) is 19.5 Å². The van der Waals surface area contributed by atoms with Gasteiger partial charge in [0.25, 0.3) is 0 Å². The third-order valence-electron chi connectivity index (χ3n) is 5.63. The lowest BCUT2D eigenvalue weighted by atomic mass is 10.2. The van der Waals surface area contributed by atoms with Crippen molar-refractivity contribution in [2.75, 3.05) is 26.1 Å². The monoisotopic (exact) mass is 538 g/mol. The Kier molecular flexibility index (Phi) is 7.93. The molecule has 14 heteroatoms. The molecule has 1 saturated carbocycles. The van der Waals surface area contributed by atoms with Gasteiger partial charge in [-0.2, -0.15) is 0 Å². The Bertz CT molecular complexity index is 1280. The molecule has 0 radical (unpaired) electrons. The smallest absolute Gasteiger partial charge is 0.243 e. The van der Waals surface area contributed by atoms with Crippen LogP contribution in [-0.2, 0) is 26.1 Å². The molecule has 2 aromatic heterocycles. The summed E-state index contributed by atoms with van der Waals surface area (Å²) < 4.78 is 53.3. The number of halogens is 1. The molecule has 1 aliphatic rings. The number of methoxy groups -OCH3 is 3. The highest BCUT2D eigenvalue weighted by molar-refractivity contribution is 7.93. The minimum atomic E-state index is -4.09. The topological polar surface area (TPSA) is 140 Å². The summed E-state index contributed by atoms with van der Waals surface area (Å²) >= 11 is 5.87. The van der Waals surface area contributed by atoms with E-state index in [9.17, 15) is 8.42 Å². The maximum atomic E-state index is 13.5. The normalized spacial score (nSPS) is 15.4. The first kappa shape index (κ1) is 26.1. The minimum absolute atomic E-state index is 0.0640. The Morgan fingerprint density at radius 3 is 2.31 bits per heavy atom. The molecule has 4 rings (SSSR count). The largest absolute Gasteiger partial charge is 0.494 e. The molecule has 194 valence electrons. The van der Waals surface area contributed by atoms with Gasteiger partial charge < -0.3 is 18.9 Å². The number of sulfonamides is 1. The van der Waals surface area contributed by atoms with E-state index in [2.05, 4.69) is 24.9 Å². The SMILES string of the molecule is COc1cccc(OC)c1-n1c(COC2CC2)nnc1NS(=O)(=O)[C@@H](C)[C@H](OC)c1ncc(Cl)cn1. The fourth-order valence-corrected chi connectivity index (χ4v) is 4.78. The molecule has 1 aliphatic carbocycles. The molecule has 0 aliphatic heterocycles. The van der Waals surface area contributed by atoms with Crippen LogP contribution in [0.3, 0.4) is 0 Å². The van der Waals surface area contributed by atoms with E-state index in [1.54, 1.807) is 18.2 Å². The van der Waals surface area contributed by atoms with Gasteiger partial charge in [0.05, 0.1) is 25.3 Å². The van der Waals surface area contributed by atoms with Crippen molar-refractivity contribution in [1.29, 1.82) is 0 Å². The predicted octanol–water partition coefficient (Wildman–Crippen LogP) is 2.92. The molecule has 36 heavy (non-hydrogen) atoms. The molecule has 0 unspecified atom stereocenters. The van der Waals surface area contributed by atoms with Crippen molar-refractivity contribution < 1.29 is 27.4 Å². The summed E-state index contributed by atoms with van der Waals surface area (Å²) in [6.45, 7) is 1.60. The molecule has 0 spiro atoms. The van der Waals surface area contributed by atoms with Crippen LogP contribution in [0.15, 0.2) is 30.6 Å². The number of aromatic nitrogens is 5. The summed E-state index contributed by atoms with van der Waals surface area (Å²) in [5.41, 5.74) is 0.427. The number of ether oxygens (including phenoxy) is 4. The highest BCUT2D eigenvalue weighted by Gasteiger charge is 2.35. The summed E-state index contributed by atoms with van der Waals surface area (Å²) in [5.74, 6) is 1.34. The Hall–Kier alpha value is -3.00. The highest BCUT2D eigenvalue weighted by atomic mass is 35.5. The van der Waals surface area contributed by atoms with Crippen LogP contribution >= 0.6 is 11.6 Å². The van der Waals surface area contributed by atoms with Gasteiger partial charge in [0.2, 0.25) is 16.0 Å². The van der Waals surface area contributed by atoms with Crippen LogP contribution in [0, 0.1) is 0 Å². The second kappa shape index (κ2) is 10.9. The first-order valence-electron chi connectivity index (χ1n) is 11.1. The van der Waals surface area contributed by atoms with Crippen LogP contribution in [0.25, 0.3) is 5.69 Å². The Balaban J connectivity index is 1.73. The zero-order valence-corrected chi connectivity index (χ0v) is 21.8. The molecule has 2 heterocycles. The number of nitrogens with one attached hydrogen (secondary N) is 1. The van der Waals surface area contributed by atoms with Gasteiger partial charge in [-0.05, 0) is 31.9 Å². The molecule has 0 amide bonds. The van der Waals surface area contributed by atoms with Crippen molar-refractivity contribution >= 4 is 27.6 Å². The molecule has 3 aromatic rings. The Morgan fingerprint density at radius 2 is 1.75 bits per heavy atom. The number of para-hydroxylation sites is 1. The maximum absolute atomic E-state index is 13.5. The summed E-state index contributed by atoms with van der Waals surface area (Å²) in [7, 11) is 0.296. The molecule has 0 saturated heterocycles. The van der Waals surface area contributed by atoms with Crippen molar-refractivity contribution in [2.45, 2.75) is 43.8 Å². The van der Waals surface area contributed by atoms with Gasteiger partial charge >= 0.3 is 0 Å². The Labute approximate surface area is 214 Å². The van der Waals surface area contributed by atoms with Gasteiger partial charge in [0.1, 0.15) is 35.1 Å². The maximum Gasteiger partial charge on any atom is 0.243 e. The summed E-state index contributed by atoms with van der Waals surface area (Å²) in [4.78, 5) is 8.22. The quantitative estimate of drug-likeness (QED) is 0.366. The van der Waals surface area contributed by atoms with E-state index in [0.717, 1.165) is 12.8 Å². The molecule has 0 bridgehead atoms.